The van der Waals surface area contributed by atoms with Gasteiger partial charge in [0.2, 0.25) is 0 Å². The molecule has 1 rings (SSSR count). The van der Waals surface area contributed by atoms with Gasteiger partial charge in [-0.25, -0.2) is 0 Å². The predicted octanol–water partition coefficient (Wildman–Crippen LogP) is 3.68. The molecule has 3 N–H and O–H groups in total. The first-order valence-corrected chi connectivity index (χ1v) is 7.83. The van der Waals surface area contributed by atoms with E-state index in [1.54, 1.807) is 7.11 Å². The average Bonchev–Trinajstić information content (AvgIpc) is 2.50. The summed E-state index contributed by atoms with van der Waals surface area (Å²) in [5, 5.41) is 0. The van der Waals surface area contributed by atoms with Crippen LogP contribution in [-0.4, -0.2) is 13.2 Å². The van der Waals surface area contributed by atoms with Gasteiger partial charge in [-0.1, -0.05) is 57.7 Å². The van der Waals surface area contributed by atoms with E-state index in [2.05, 4.69) is 31.4 Å². The van der Waals surface area contributed by atoms with Gasteiger partial charge in [0.15, 0.2) is 0 Å². The maximum Gasteiger partial charge on any atom is 0.122 e. The second-order valence-corrected chi connectivity index (χ2v) is 5.53. The monoisotopic (exact) mass is 278 g/mol. The number of benzene rings is 1. The van der Waals surface area contributed by atoms with Crippen LogP contribution in [0.5, 0.6) is 5.75 Å². The van der Waals surface area contributed by atoms with Crippen LogP contribution in [0.25, 0.3) is 0 Å². The minimum atomic E-state index is 0.313. The lowest BCUT2D eigenvalue weighted by Crippen LogP contribution is -2.38. The molecule has 0 amide bonds. The smallest absolute Gasteiger partial charge is 0.122 e. The molecule has 0 aliphatic carbocycles. The fourth-order valence-corrected chi connectivity index (χ4v) is 2.73. The second-order valence-electron chi connectivity index (χ2n) is 5.53. The SMILES string of the molecule is CCCCC(CC)CC(Cc1ccccc1OC)NN. The number of hydrogen-bond acceptors (Lipinski definition) is 3. The number of ether oxygens (including phenoxy) is 1. The lowest BCUT2D eigenvalue weighted by molar-refractivity contribution is 0.345. The van der Waals surface area contributed by atoms with Gasteiger partial charge < -0.3 is 4.74 Å². The molecule has 0 heterocycles. The molecule has 3 heteroatoms. The molecule has 1 aromatic rings. The van der Waals surface area contributed by atoms with Crippen LogP contribution in [0.3, 0.4) is 0 Å². The van der Waals surface area contributed by atoms with Crippen LogP contribution < -0.4 is 16.0 Å². The van der Waals surface area contributed by atoms with Crippen molar-refractivity contribution >= 4 is 0 Å². The first-order chi connectivity index (χ1) is 9.74. The number of nitrogens with two attached hydrogens (primary N) is 1. The van der Waals surface area contributed by atoms with Crippen LogP contribution in [0.1, 0.15) is 51.5 Å². The Morgan fingerprint density at radius 3 is 2.60 bits per heavy atom. The van der Waals surface area contributed by atoms with Crippen molar-refractivity contribution in [1.29, 1.82) is 0 Å². The van der Waals surface area contributed by atoms with Gasteiger partial charge in [-0.3, -0.25) is 11.3 Å². The van der Waals surface area contributed by atoms with Crippen LogP contribution in [0.15, 0.2) is 24.3 Å². The molecule has 2 atom stereocenters. The van der Waals surface area contributed by atoms with Crippen LogP contribution >= 0.6 is 0 Å². The maximum atomic E-state index is 5.75. The zero-order valence-corrected chi connectivity index (χ0v) is 13.2. The average molecular weight is 278 g/mol. The molecule has 3 nitrogen and oxygen atoms in total. The zero-order valence-electron chi connectivity index (χ0n) is 13.2. The highest BCUT2D eigenvalue weighted by Gasteiger charge is 2.16. The molecular weight excluding hydrogens is 248 g/mol. The summed E-state index contributed by atoms with van der Waals surface area (Å²) in [5.41, 5.74) is 4.21. The van der Waals surface area contributed by atoms with E-state index in [1.807, 2.05) is 12.1 Å². The molecule has 0 saturated carbocycles. The molecule has 0 aromatic heterocycles. The summed E-state index contributed by atoms with van der Waals surface area (Å²) in [7, 11) is 1.72. The quantitative estimate of drug-likeness (QED) is 0.507. The highest BCUT2D eigenvalue weighted by molar-refractivity contribution is 5.33. The van der Waals surface area contributed by atoms with Crippen LogP contribution in [0, 0.1) is 5.92 Å². The number of para-hydroxylation sites is 1. The number of unbranched alkanes of at least 4 members (excludes halogenated alkanes) is 1. The Morgan fingerprint density at radius 2 is 2.00 bits per heavy atom. The number of hydrogen-bond donors (Lipinski definition) is 2. The molecule has 0 aliphatic heterocycles. The van der Waals surface area contributed by atoms with Crippen LogP contribution in [0.4, 0.5) is 0 Å². The summed E-state index contributed by atoms with van der Waals surface area (Å²) in [4.78, 5) is 0. The van der Waals surface area contributed by atoms with Crippen molar-refractivity contribution in [1.82, 2.24) is 5.43 Å². The van der Waals surface area contributed by atoms with Gasteiger partial charge in [-0.15, -0.1) is 0 Å². The largest absolute Gasteiger partial charge is 0.496 e. The van der Waals surface area contributed by atoms with E-state index in [9.17, 15) is 0 Å². The molecule has 114 valence electrons. The van der Waals surface area contributed by atoms with Crippen LogP contribution in [0.2, 0.25) is 0 Å². The Morgan fingerprint density at radius 1 is 1.25 bits per heavy atom. The molecule has 2 unspecified atom stereocenters. The van der Waals surface area contributed by atoms with Crippen molar-refractivity contribution in [2.24, 2.45) is 11.8 Å². The number of hydrazine groups is 1. The van der Waals surface area contributed by atoms with Gasteiger partial charge >= 0.3 is 0 Å². The van der Waals surface area contributed by atoms with E-state index >= 15 is 0 Å². The number of rotatable bonds is 10. The molecule has 0 saturated heterocycles. The third-order valence-electron chi connectivity index (χ3n) is 4.06. The van der Waals surface area contributed by atoms with Gasteiger partial charge in [-0.05, 0) is 30.4 Å². The molecule has 0 fully saturated rings. The Kier molecular flexibility index (Phi) is 8.31. The Hall–Kier alpha value is -1.06. The zero-order chi connectivity index (χ0) is 14.8. The van der Waals surface area contributed by atoms with Gasteiger partial charge in [0, 0.05) is 6.04 Å². The molecular formula is C17H30N2O. The van der Waals surface area contributed by atoms with Crippen molar-refractivity contribution in [2.75, 3.05) is 7.11 Å². The summed E-state index contributed by atoms with van der Waals surface area (Å²) in [6.45, 7) is 4.53. The van der Waals surface area contributed by atoms with Crippen molar-refractivity contribution < 1.29 is 4.74 Å². The van der Waals surface area contributed by atoms with Crippen molar-refractivity contribution in [3.63, 3.8) is 0 Å². The van der Waals surface area contributed by atoms with Gasteiger partial charge in [0.1, 0.15) is 5.75 Å². The van der Waals surface area contributed by atoms with Crippen molar-refractivity contribution in [2.45, 2.75) is 58.4 Å². The Bertz CT molecular complexity index is 368. The Balaban J connectivity index is 2.61. The summed E-state index contributed by atoms with van der Waals surface area (Å²) in [6.07, 6.45) is 7.16. The number of methoxy groups -OCH3 is 1. The molecule has 0 aliphatic rings. The second kappa shape index (κ2) is 9.78. The molecule has 20 heavy (non-hydrogen) atoms. The first kappa shape index (κ1) is 17.0. The maximum absolute atomic E-state index is 5.75. The first-order valence-electron chi connectivity index (χ1n) is 7.83. The highest BCUT2D eigenvalue weighted by Crippen LogP contribution is 2.23. The van der Waals surface area contributed by atoms with Gasteiger partial charge in [-0.2, -0.15) is 0 Å². The fourth-order valence-electron chi connectivity index (χ4n) is 2.73. The van der Waals surface area contributed by atoms with E-state index in [1.165, 1.54) is 31.2 Å². The summed E-state index contributed by atoms with van der Waals surface area (Å²) < 4.78 is 5.42. The molecule has 0 radical (unpaired) electrons. The Labute approximate surface area is 123 Å². The van der Waals surface area contributed by atoms with Crippen molar-refractivity contribution in [3.8, 4) is 5.75 Å². The van der Waals surface area contributed by atoms with Gasteiger partial charge in [0.05, 0.1) is 7.11 Å². The molecule has 1 aromatic carbocycles. The lowest BCUT2D eigenvalue weighted by Gasteiger charge is -2.23. The topological polar surface area (TPSA) is 47.3 Å². The van der Waals surface area contributed by atoms with E-state index in [4.69, 9.17) is 10.6 Å². The lowest BCUT2D eigenvalue weighted by atomic mass is 9.89. The minimum absolute atomic E-state index is 0.313. The third kappa shape index (κ3) is 5.51. The van der Waals surface area contributed by atoms with E-state index in [0.717, 1.165) is 24.5 Å². The summed E-state index contributed by atoms with van der Waals surface area (Å²) in [5.74, 6) is 7.46. The predicted molar refractivity (Wildman–Crippen MR) is 85.7 cm³/mol. The minimum Gasteiger partial charge on any atom is -0.496 e. The van der Waals surface area contributed by atoms with Crippen LogP contribution in [-0.2, 0) is 6.42 Å². The standard InChI is InChI=1S/C17H30N2O/c1-4-6-9-14(5-2)12-16(19-18)13-15-10-7-8-11-17(15)20-3/h7-8,10-11,14,16,19H,4-6,9,12-13,18H2,1-3H3. The highest BCUT2D eigenvalue weighted by atomic mass is 16.5. The van der Waals surface area contributed by atoms with Crippen molar-refractivity contribution in [3.05, 3.63) is 29.8 Å². The summed E-state index contributed by atoms with van der Waals surface area (Å²) >= 11 is 0. The number of nitrogens with one attached hydrogen (secondary N) is 1. The molecule has 0 bridgehead atoms. The van der Waals surface area contributed by atoms with E-state index in [0.29, 0.717) is 6.04 Å². The van der Waals surface area contributed by atoms with E-state index < -0.39 is 0 Å². The fraction of sp³-hybridized carbons (Fsp3) is 0.647. The van der Waals surface area contributed by atoms with E-state index in [-0.39, 0.29) is 0 Å². The normalized spacial score (nSPS) is 14.0. The summed E-state index contributed by atoms with van der Waals surface area (Å²) in [6, 6.07) is 8.50. The third-order valence-corrected chi connectivity index (χ3v) is 4.06. The molecule has 0 spiro atoms. The van der Waals surface area contributed by atoms with Gasteiger partial charge in [0.25, 0.3) is 0 Å².